The summed E-state index contributed by atoms with van der Waals surface area (Å²) in [5.41, 5.74) is 1.66. The van der Waals surface area contributed by atoms with Crippen LogP contribution in [0.4, 0.5) is 0 Å². The van der Waals surface area contributed by atoms with Crippen molar-refractivity contribution in [1.82, 2.24) is 15.3 Å². The zero-order valence-corrected chi connectivity index (χ0v) is 15.7. The van der Waals surface area contributed by atoms with E-state index in [1.54, 1.807) is 0 Å². The zero-order chi connectivity index (χ0) is 18.2. The van der Waals surface area contributed by atoms with Crippen molar-refractivity contribution in [3.05, 3.63) is 58.0 Å². The van der Waals surface area contributed by atoms with Gasteiger partial charge in [-0.3, -0.25) is 9.59 Å². The molecule has 1 aromatic carbocycles. The van der Waals surface area contributed by atoms with Crippen molar-refractivity contribution in [2.75, 3.05) is 0 Å². The molecule has 2 N–H and O–H groups in total. The van der Waals surface area contributed by atoms with Gasteiger partial charge in [-0.25, -0.2) is 4.98 Å². The van der Waals surface area contributed by atoms with Crippen molar-refractivity contribution < 1.29 is 4.79 Å². The Kier molecular flexibility index (Phi) is 7.25. The SMILES string of the molecule is CCCc1cc(=O)[nH]c(SC(CC)C(=O)NC(C)c2ccccc2)n1. The van der Waals surface area contributed by atoms with Crippen LogP contribution in [-0.2, 0) is 11.2 Å². The minimum atomic E-state index is -0.300. The third kappa shape index (κ3) is 5.74. The predicted molar refractivity (Wildman–Crippen MR) is 102 cm³/mol. The smallest absolute Gasteiger partial charge is 0.251 e. The van der Waals surface area contributed by atoms with Gasteiger partial charge in [0.1, 0.15) is 0 Å². The van der Waals surface area contributed by atoms with E-state index in [1.165, 1.54) is 17.8 Å². The molecule has 0 fully saturated rings. The molecular formula is C19H25N3O2S. The topological polar surface area (TPSA) is 74.8 Å². The Morgan fingerprint density at radius 2 is 2.00 bits per heavy atom. The largest absolute Gasteiger partial charge is 0.349 e. The molecule has 0 spiro atoms. The highest BCUT2D eigenvalue weighted by atomic mass is 32.2. The van der Waals surface area contributed by atoms with E-state index >= 15 is 0 Å². The molecule has 2 atom stereocenters. The van der Waals surface area contributed by atoms with Gasteiger partial charge in [0.25, 0.3) is 5.56 Å². The van der Waals surface area contributed by atoms with E-state index in [2.05, 4.69) is 15.3 Å². The number of benzene rings is 1. The number of carbonyl (C=O) groups is 1. The maximum Gasteiger partial charge on any atom is 0.251 e. The van der Waals surface area contributed by atoms with Crippen LogP contribution in [0, 0.1) is 0 Å². The summed E-state index contributed by atoms with van der Waals surface area (Å²) in [6.45, 7) is 5.97. The first kappa shape index (κ1) is 19.2. The number of aryl methyl sites for hydroxylation is 1. The van der Waals surface area contributed by atoms with Gasteiger partial charge in [-0.05, 0) is 25.3 Å². The predicted octanol–water partition coefficient (Wildman–Crippen LogP) is 3.47. The second kappa shape index (κ2) is 9.42. The third-order valence-corrected chi connectivity index (χ3v) is 5.10. The standard InChI is InChI=1S/C19H25N3O2S/c1-4-9-15-12-17(23)22-19(21-15)25-16(5-2)18(24)20-13(3)14-10-7-6-8-11-14/h6-8,10-13,16H,4-5,9H2,1-3H3,(H,20,24)(H,21,22,23). The molecule has 6 heteroatoms. The van der Waals surface area contributed by atoms with Crippen molar-refractivity contribution in [2.45, 2.75) is 56.5 Å². The second-order valence-corrected chi connectivity index (χ2v) is 7.14. The van der Waals surface area contributed by atoms with Gasteiger partial charge in [0.15, 0.2) is 5.16 Å². The number of hydrogen-bond donors (Lipinski definition) is 2. The number of nitrogens with zero attached hydrogens (tertiary/aromatic N) is 1. The Balaban J connectivity index is 2.06. The number of H-pyrrole nitrogens is 1. The van der Waals surface area contributed by atoms with E-state index in [0.717, 1.165) is 24.1 Å². The number of hydrogen-bond acceptors (Lipinski definition) is 4. The van der Waals surface area contributed by atoms with Gasteiger partial charge in [0.2, 0.25) is 5.91 Å². The first-order valence-electron chi connectivity index (χ1n) is 8.65. The van der Waals surface area contributed by atoms with Gasteiger partial charge in [-0.1, -0.05) is 62.4 Å². The Labute approximate surface area is 152 Å². The lowest BCUT2D eigenvalue weighted by atomic mass is 10.1. The van der Waals surface area contributed by atoms with Crippen molar-refractivity contribution in [2.24, 2.45) is 0 Å². The molecule has 0 saturated heterocycles. The van der Waals surface area contributed by atoms with Crippen LogP contribution in [0.2, 0.25) is 0 Å². The number of amides is 1. The monoisotopic (exact) mass is 359 g/mol. The van der Waals surface area contributed by atoms with E-state index < -0.39 is 0 Å². The third-order valence-electron chi connectivity index (χ3n) is 3.85. The molecule has 0 aliphatic carbocycles. The molecule has 0 radical (unpaired) electrons. The first-order chi connectivity index (χ1) is 12.0. The van der Waals surface area contributed by atoms with Gasteiger partial charge in [-0.15, -0.1) is 0 Å². The molecule has 2 rings (SSSR count). The van der Waals surface area contributed by atoms with Gasteiger partial charge in [0, 0.05) is 11.8 Å². The van der Waals surface area contributed by atoms with Crippen molar-refractivity contribution >= 4 is 17.7 Å². The zero-order valence-electron chi connectivity index (χ0n) is 14.9. The fourth-order valence-electron chi connectivity index (χ4n) is 2.51. The van der Waals surface area contributed by atoms with Gasteiger partial charge < -0.3 is 10.3 Å². The number of aromatic nitrogens is 2. The average molecular weight is 359 g/mol. The van der Waals surface area contributed by atoms with Crippen LogP contribution in [0.15, 0.2) is 46.3 Å². The van der Waals surface area contributed by atoms with Crippen LogP contribution in [0.1, 0.15) is 50.9 Å². The van der Waals surface area contributed by atoms with Gasteiger partial charge >= 0.3 is 0 Å². The number of aromatic amines is 1. The van der Waals surface area contributed by atoms with E-state index in [4.69, 9.17) is 0 Å². The Morgan fingerprint density at radius 1 is 1.28 bits per heavy atom. The highest BCUT2D eigenvalue weighted by Crippen LogP contribution is 2.23. The molecule has 5 nitrogen and oxygen atoms in total. The summed E-state index contributed by atoms with van der Waals surface area (Å²) in [6.07, 6.45) is 2.33. The summed E-state index contributed by atoms with van der Waals surface area (Å²) in [5.74, 6) is -0.0487. The van der Waals surface area contributed by atoms with E-state index in [9.17, 15) is 9.59 Å². The lowest BCUT2D eigenvalue weighted by Gasteiger charge is -2.19. The van der Waals surface area contributed by atoms with E-state index in [1.807, 2.05) is 51.1 Å². The van der Waals surface area contributed by atoms with Crippen molar-refractivity contribution in [3.63, 3.8) is 0 Å². The summed E-state index contributed by atoms with van der Waals surface area (Å²) < 4.78 is 0. The molecule has 134 valence electrons. The number of rotatable bonds is 8. The summed E-state index contributed by atoms with van der Waals surface area (Å²) in [7, 11) is 0. The summed E-state index contributed by atoms with van der Waals surface area (Å²) in [5, 5.41) is 3.25. The number of thioether (sulfide) groups is 1. The lowest BCUT2D eigenvalue weighted by molar-refractivity contribution is -0.121. The maximum absolute atomic E-state index is 12.6. The number of carbonyl (C=O) groups excluding carboxylic acids is 1. The summed E-state index contributed by atoms with van der Waals surface area (Å²) in [4.78, 5) is 31.6. The molecule has 25 heavy (non-hydrogen) atoms. The molecule has 0 aliphatic rings. The van der Waals surface area contributed by atoms with E-state index in [0.29, 0.717) is 11.6 Å². The lowest BCUT2D eigenvalue weighted by Crippen LogP contribution is -2.34. The molecule has 0 bridgehead atoms. The molecule has 2 unspecified atom stereocenters. The molecular weight excluding hydrogens is 334 g/mol. The Morgan fingerprint density at radius 3 is 2.64 bits per heavy atom. The molecule has 0 saturated carbocycles. The fraction of sp³-hybridized carbons (Fsp3) is 0.421. The Bertz CT molecular complexity index is 746. The molecule has 0 aliphatic heterocycles. The normalized spacial score (nSPS) is 13.2. The maximum atomic E-state index is 12.6. The molecule has 1 heterocycles. The molecule has 2 aromatic rings. The van der Waals surface area contributed by atoms with Crippen LogP contribution < -0.4 is 10.9 Å². The average Bonchev–Trinajstić information content (AvgIpc) is 2.60. The Hall–Kier alpha value is -2.08. The van der Waals surface area contributed by atoms with Crippen LogP contribution in [0.5, 0.6) is 0 Å². The highest BCUT2D eigenvalue weighted by Gasteiger charge is 2.21. The van der Waals surface area contributed by atoms with Gasteiger partial charge in [-0.2, -0.15) is 0 Å². The molecule has 1 aromatic heterocycles. The summed E-state index contributed by atoms with van der Waals surface area (Å²) >= 11 is 1.31. The molecule has 1 amide bonds. The van der Waals surface area contributed by atoms with Crippen LogP contribution in [-0.4, -0.2) is 21.1 Å². The van der Waals surface area contributed by atoms with Crippen molar-refractivity contribution in [1.29, 1.82) is 0 Å². The van der Waals surface area contributed by atoms with Crippen LogP contribution >= 0.6 is 11.8 Å². The minimum Gasteiger partial charge on any atom is -0.349 e. The quantitative estimate of drug-likeness (QED) is 0.559. The highest BCUT2D eigenvalue weighted by molar-refractivity contribution is 8.00. The van der Waals surface area contributed by atoms with Crippen LogP contribution in [0.25, 0.3) is 0 Å². The summed E-state index contributed by atoms with van der Waals surface area (Å²) in [6, 6.07) is 11.3. The second-order valence-electron chi connectivity index (χ2n) is 5.95. The van der Waals surface area contributed by atoms with E-state index in [-0.39, 0.29) is 22.8 Å². The van der Waals surface area contributed by atoms with Crippen LogP contribution in [0.3, 0.4) is 0 Å². The first-order valence-corrected chi connectivity index (χ1v) is 9.53. The fourth-order valence-corrected chi connectivity index (χ4v) is 3.45. The van der Waals surface area contributed by atoms with Crippen molar-refractivity contribution in [3.8, 4) is 0 Å². The minimum absolute atomic E-state index is 0.0487. The number of nitrogens with one attached hydrogen (secondary N) is 2. The van der Waals surface area contributed by atoms with Gasteiger partial charge in [0.05, 0.1) is 11.3 Å².